The van der Waals surface area contributed by atoms with Crippen molar-refractivity contribution in [2.75, 3.05) is 5.32 Å². The fourth-order valence-electron chi connectivity index (χ4n) is 3.78. The molecule has 7 nitrogen and oxygen atoms in total. The van der Waals surface area contributed by atoms with Crippen LogP contribution in [-0.4, -0.2) is 26.8 Å². The molecule has 36 heavy (non-hydrogen) atoms. The van der Waals surface area contributed by atoms with E-state index in [1.165, 1.54) is 12.3 Å². The molecule has 10 heteroatoms. The monoisotopic (exact) mass is 500 g/mol. The van der Waals surface area contributed by atoms with Gasteiger partial charge in [-0.25, -0.2) is 4.98 Å². The number of aromatic nitrogens is 3. The quantitative estimate of drug-likeness (QED) is 0.390. The number of amides is 1. The average molecular weight is 501 g/mol. The van der Waals surface area contributed by atoms with Crippen LogP contribution in [0.25, 0.3) is 11.1 Å². The van der Waals surface area contributed by atoms with Crippen molar-refractivity contribution in [2.45, 2.75) is 64.5 Å². The van der Waals surface area contributed by atoms with E-state index in [4.69, 9.17) is 4.52 Å². The number of nitrogens with one attached hydrogen (secondary N) is 1. The molecule has 1 N–H and O–H groups in total. The van der Waals surface area contributed by atoms with Crippen LogP contribution in [0.5, 0.6) is 0 Å². The van der Waals surface area contributed by atoms with Gasteiger partial charge in [-0.05, 0) is 53.6 Å². The minimum atomic E-state index is -4.64. The second kappa shape index (κ2) is 9.48. The Kier molecular flexibility index (Phi) is 6.72. The Morgan fingerprint density at radius 2 is 1.81 bits per heavy atom. The Bertz CT molecular complexity index is 1290. The largest absolute Gasteiger partial charge is 0.416 e. The van der Waals surface area contributed by atoms with Gasteiger partial charge in [0.1, 0.15) is 5.82 Å². The number of benzene rings is 1. The number of halogens is 3. The average Bonchev–Trinajstić information content (AvgIpc) is 3.53. The Morgan fingerprint density at radius 1 is 1.11 bits per heavy atom. The van der Waals surface area contributed by atoms with Crippen LogP contribution in [-0.2, 0) is 16.4 Å². The molecule has 3 aromatic rings. The maximum absolute atomic E-state index is 14.1. The van der Waals surface area contributed by atoms with Gasteiger partial charge < -0.3 is 9.84 Å². The van der Waals surface area contributed by atoms with Gasteiger partial charge in [-0.15, -0.1) is 0 Å². The van der Waals surface area contributed by atoms with E-state index in [2.05, 4.69) is 20.4 Å². The molecule has 1 aliphatic rings. The number of rotatable bonds is 7. The highest BCUT2D eigenvalue weighted by molar-refractivity contribution is 5.94. The van der Waals surface area contributed by atoms with Crippen LogP contribution in [0.3, 0.4) is 0 Å². The van der Waals surface area contributed by atoms with Gasteiger partial charge in [0.15, 0.2) is 5.82 Å². The van der Waals surface area contributed by atoms with Crippen LogP contribution >= 0.6 is 0 Å². The molecular weight excluding hydrogens is 473 g/mol. The lowest BCUT2D eigenvalue weighted by Gasteiger charge is -2.19. The van der Waals surface area contributed by atoms with Crippen LogP contribution < -0.4 is 5.32 Å². The molecule has 190 valence electrons. The standard InChI is InChI=1S/C26H27F3N4O3/c1-14(11-20(34)23-32-24(33-36-23)25(2,3)4)18-8-7-16(12-19(18)26(27,28)29)17-9-10-30-21(13-17)31-22(35)15-5-6-15/h7-10,12-15H,5-6,11H2,1-4H3,(H,30,31,35)/t14-/m0/s1. The summed E-state index contributed by atoms with van der Waals surface area (Å²) in [5, 5.41) is 6.52. The minimum absolute atomic E-state index is 0.00789. The summed E-state index contributed by atoms with van der Waals surface area (Å²) in [5.41, 5.74) is -0.466. The van der Waals surface area contributed by atoms with E-state index in [-0.39, 0.29) is 35.5 Å². The Morgan fingerprint density at radius 3 is 2.42 bits per heavy atom. The molecule has 1 atom stereocenters. The van der Waals surface area contributed by atoms with Gasteiger partial charge in [0.05, 0.1) is 5.56 Å². The highest BCUT2D eigenvalue weighted by Gasteiger charge is 2.36. The van der Waals surface area contributed by atoms with Crippen molar-refractivity contribution in [3.63, 3.8) is 0 Å². The number of anilines is 1. The Hall–Kier alpha value is -3.56. The molecule has 0 bridgehead atoms. The first-order valence-corrected chi connectivity index (χ1v) is 11.7. The predicted molar refractivity (Wildman–Crippen MR) is 126 cm³/mol. The van der Waals surface area contributed by atoms with E-state index in [0.29, 0.717) is 17.0 Å². The molecule has 1 aliphatic carbocycles. The second-order valence-electron chi connectivity index (χ2n) is 10.2. The molecule has 0 spiro atoms. The van der Waals surface area contributed by atoms with Gasteiger partial charge in [0.2, 0.25) is 11.7 Å². The molecule has 1 aromatic carbocycles. The van der Waals surface area contributed by atoms with Gasteiger partial charge in [-0.1, -0.05) is 45.0 Å². The molecule has 4 rings (SSSR count). The summed E-state index contributed by atoms with van der Waals surface area (Å²) in [6, 6.07) is 7.13. The molecule has 1 saturated carbocycles. The fraction of sp³-hybridized carbons (Fsp3) is 0.423. The molecule has 1 amide bonds. The van der Waals surface area contributed by atoms with Crippen molar-refractivity contribution >= 4 is 17.5 Å². The summed E-state index contributed by atoms with van der Waals surface area (Å²) in [6.45, 7) is 7.14. The zero-order valence-electron chi connectivity index (χ0n) is 20.4. The minimum Gasteiger partial charge on any atom is -0.331 e. The third-order valence-corrected chi connectivity index (χ3v) is 6.01. The number of carbonyl (C=O) groups excluding carboxylic acids is 2. The number of nitrogens with zero attached hydrogens (tertiary/aromatic N) is 3. The maximum atomic E-state index is 14.1. The SMILES string of the molecule is C[C@@H](CC(=O)c1nc(C(C)(C)C)no1)c1ccc(-c2ccnc(NC(=O)C3CC3)c2)cc1C(F)(F)F. The van der Waals surface area contributed by atoms with Gasteiger partial charge in [0, 0.05) is 24.0 Å². The molecule has 1 fully saturated rings. The van der Waals surface area contributed by atoms with Crippen LogP contribution in [0.1, 0.15) is 80.5 Å². The zero-order chi connectivity index (χ0) is 26.3. The molecule has 2 aromatic heterocycles. The summed E-state index contributed by atoms with van der Waals surface area (Å²) < 4.78 is 47.2. The Balaban J connectivity index is 1.58. The summed E-state index contributed by atoms with van der Waals surface area (Å²) in [6.07, 6.45) is -1.76. The lowest BCUT2D eigenvalue weighted by Crippen LogP contribution is -2.15. The first kappa shape index (κ1) is 25.5. The highest BCUT2D eigenvalue weighted by Crippen LogP contribution is 2.39. The molecular formula is C26H27F3N4O3. The van der Waals surface area contributed by atoms with E-state index < -0.39 is 28.9 Å². The van der Waals surface area contributed by atoms with Crippen molar-refractivity contribution < 1.29 is 27.3 Å². The number of pyridine rings is 1. The number of carbonyl (C=O) groups is 2. The number of alkyl halides is 3. The smallest absolute Gasteiger partial charge is 0.331 e. The summed E-state index contributed by atoms with van der Waals surface area (Å²) >= 11 is 0. The van der Waals surface area contributed by atoms with Crippen molar-refractivity contribution in [3.8, 4) is 11.1 Å². The van der Waals surface area contributed by atoms with E-state index in [9.17, 15) is 22.8 Å². The lowest BCUT2D eigenvalue weighted by atomic mass is 9.89. The number of Topliss-reactive ketones (excluding diaryl/α,β-unsaturated/α-hetero) is 1. The van der Waals surface area contributed by atoms with Crippen LogP contribution in [0.15, 0.2) is 41.1 Å². The van der Waals surface area contributed by atoms with Crippen LogP contribution in [0, 0.1) is 5.92 Å². The van der Waals surface area contributed by atoms with Crippen LogP contribution in [0.2, 0.25) is 0 Å². The second-order valence-corrected chi connectivity index (χ2v) is 10.2. The molecule has 0 saturated heterocycles. The van der Waals surface area contributed by atoms with Crippen molar-refractivity contribution in [1.29, 1.82) is 0 Å². The Labute approximate surface area is 206 Å². The van der Waals surface area contributed by atoms with Gasteiger partial charge in [-0.3, -0.25) is 9.59 Å². The van der Waals surface area contributed by atoms with E-state index in [0.717, 1.165) is 18.9 Å². The van der Waals surface area contributed by atoms with E-state index in [1.54, 1.807) is 25.1 Å². The van der Waals surface area contributed by atoms with Gasteiger partial charge in [0.25, 0.3) is 5.89 Å². The summed E-state index contributed by atoms with van der Waals surface area (Å²) in [5.74, 6) is -1.01. The van der Waals surface area contributed by atoms with Crippen molar-refractivity contribution in [1.82, 2.24) is 15.1 Å². The number of hydrogen-bond acceptors (Lipinski definition) is 6. The summed E-state index contributed by atoms with van der Waals surface area (Å²) in [4.78, 5) is 32.9. The van der Waals surface area contributed by atoms with Crippen molar-refractivity contribution in [3.05, 3.63) is 59.4 Å². The van der Waals surface area contributed by atoms with E-state index >= 15 is 0 Å². The molecule has 2 heterocycles. The zero-order valence-corrected chi connectivity index (χ0v) is 20.4. The number of ketones is 1. The lowest BCUT2D eigenvalue weighted by molar-refractivity contribution is -0.138. The first-order valence-electron chi connectivity index (χ1n) is 11.7. The normalized spacial score (nSPS) is 15.0. The van der Waals surface area contributed by atoms with Crippen LogP contribution in [0.4, 0.5) is 19.0 Å². The topological polar surface area (TPSA) is 98.0 Å². The van der Waals surface area contributed by atoms with Gasteiger partial charge in [-0.2, -0.15) is 18.2 Å². The van der Waals surface area contributed by atoms with Crippen molar-refractivity contribution in [2.24, 2.45) is 5.92 Å². The molecule has 0 unspecified atom stereocenters. The predicted octanol–water partition coefficient (Wildman–Crippen LogP) is 6.17. The molecule has 0 radical (unpaired) electrons. The number of hydrogen-bond donors (Lipinski definition) is 1. The first-order chi connectivity index (χ1) is 16.8. The third-order valence-electron chi connectivity index (χ3n) is 6.01. The highest BCUT2D eigenvalue weighted by atomic mass is 19.4. The third kappa shape index (κ3) is 5.80. The van der Waals surface area contributed by atoms with Gasteiger partial charge >= 0.3 is 6.18 Å². The fourth-order valence-corrected chi connectivity index (χ4v) is 3.78. The maximum Gasteiger partial charge on any atom is 0.416 e. The molecule has 0 aliphatic heterocycles. The summed E-state index contributed by atoms with van der Waals surface area (Å²) in [7, 11) is 0. The van der Waals surface area contributed by atoms with E-state index in [1.807, 2.05) is 20.8 Å².